The van der Waals surface area contributed by atoms with Crippen LogP contribution in [-0.4, -0.2) is 17.6 Å². The van der Waals surface area contributed by atoms with Gasteiger partial charge in [0, 0.05) is 18.0 Å². The van der Waals surface area contributed by atoms with Crippen molar-refractivity contribution in [1.82, 2.24) is 5.32 Å². The summed E-state index contributed by atoms with van der Waals surface area (Å²) in [5, 5.41) is 12.5. The number of benzene rings is 2. The predicted octanol–water partition coefficient (Wildman–Crippen LogP) is 3.06. The van der Waals surface area contributed by atoms with Gasteiger partial charge in [0.1, 0.15) is 17.5 Å². The van der Waals surface area contributed by atoms with Gasteiger partial charge in [-0.05, 0) is 42.2 Å². The second-order valence-corrected chi connectivity index (χ2v) is 5.90. The molecule has 24 heavy (non-hydrogen) atoms. The van der Waals surface area contributed by atoms with Crippen LogP contribution in [0.5, 0.6) is 0 Å². The lowest BCUT2D eigenvalue weighted by atomic mass is 10.1. The summed E-state index contributed by atoms with van der Waals surface area (Å²) >= 11 is 0. The van der Waals surface area contributed by atoms with Gasteiger partial charge in [0.15, 0.2) is 0 Å². The summed E-state index contributed by atoms with van der Waals surface area (Å²) in [4.78, 5) is 12.1. The van der Waals surface area contributed by atoms with E-state index < -0.39 is 29.5 Å². The van der Waals surface area contributed by atoms with Gasteiger partial charge < -0.3 is 10.4 Å². The lowest BCUT2D eigenvalue weighted by Crippen LogP contribution is -2.30. The fourth-order valence-corrected chi connectivity index (χ4v) is 2.81. The van der Waals surface area contributed by atoms with E-state index in [1.165, 1.54) is 18.2 Å². The van der Waals surface area contributed by atoms with Crippen molar-refractivity contribution in [2.24, 2.45) is 5.92 Å². The molecule has 0 spiro atoms. The number of rotatable bonds is 5. The lowest BCUT2D eigenvalue weighted by molar-refractivity contribution is -0.122. The average Bonchev–Trinajstić information content (AvgIpc) is 3.35. The molecule has 1 fully saturated rings. The summed E-state index contributed by atoms with van der Waals surface area (Å²) in [6.07, 6.45) is -0.750. The fraction of sp³-hybridized carbons (Fsp3) is 0.278. The number of aliphatic hydroxyl groups excluding tert-OH is 1. The maximum atomic E-state index is 13.7. The Morgan fingerprint density at radius 3 is 2.67 bits per heavy atom. The van der Waals surface area contributed by atoms with Gasteiger partial charge in [-0.1, -0.05) is 18.2 Å². The van der Waals surface area contributed by atoms with Crippen molar-refractivity contribution in [2.75, 3.05) is 6.54 Å². The highest BCUT2D eigenvalue weighted by Crippen LogP contribution is 2.48. The van der Waals surface area contributed by atoms with Crippen molar-refractivity contribution in [3.8, 4) is 0 Å². The first-order chi connectivity index (χ1) is 11.5. The minimum absolute atomic E-state index is 0.0984. The molecule has 0 heterocycles. The van der Waals surface area contributed by atoms with Crippen LogP contribution >= 0.6 is 0 Å². The van der Waals surface area contributed by atoms with Crippen LogP contribution in [0.3, 0.4) is 0 Å². The number of hydrogen-bond acceptors (Lipinski definition) is 2. The summed E-state index contributed by atoms with van der Waals surface area (Å²) in [6.45, 7) is -0.144. The lowest BCUT2D eigenvalue weighted by Gasteiger charge is -2.13. The van der Waals surface area contributed by atoms with Crippen LogP contribution < -0.4 is 5.32 Å². The monoisotopic (exact) mass is 335 g/mol. The van der Waals surface area contributed by atoms with E-state index in [-0.39, 0.29) is 29.5 Å². The van der Waals surface area contributed by atoms with E-state index in [1.54, 1.807) is 6.07 Å². The number of nitrogens with one attached hydrogen (secondary N) is 1. The van der Waals surface area contributed by atoms with Gasteiger partial charge in [-0.3, -0.25) is 4.79 Å². The topological polar surface area (TPSA) is 49.3 Å². The number of hydrogen-bond donors (Lipinski definition) is 2. The average molecular weight is 335 g/mol. The van der Waals surface area contributed by atoms with Gasteiger partial charge in [0.2, 0.25) is 5.91 Å². The molecular formula is C18H16F3NO2. The zero-order valence-electron chi connectivity index (χ0n) is 12.7. The highest BCUT2D eigenvalue weighted by Gasteiger charge is 2.45. The predicted molar refractivity (Wildman–Crippen MR) is 81.6 cm³/mol. The summed E-state index contributed by atoms with van der Waals surface area (Å²) in [7, 11) is 0. The first-order valence-electron chi connectivity index (χ1n) is 7.62. The Balaban J connectivity index is 1.57. The molecule has 6 heteroatoms. The van der Waals surface area contributed by atoms with Crippen molar-refractivity contribution in [3.05, 3.63) is 71.0 Å². The Bertz CT molecular complexity index is 766. The zero-order chi connectivity index (χ0) is 17.3. The second kappa shape index (κ2) is 6.65. The van der Waals surface area contributed by atoms with E-state index in [0.29, 0.717) is 6.42 Å². The summed E-state index contributed by atoms with van der Waals surface area (Å²) in [6, 6.07) is 8.93. The molecule has 3 unspecified atom stereocenters. The van der Waals surface area contributed by atoms with Crippen LogP contribution in [0.4, 0.5) is 13.2 Å². The first-order valence-corrected chi connectivity index (χ1v) is 7.62. The van der Waals surface area contributed by atoms with E-state index in [4.69, 9.17) is 0 Å². The van der Waals surface area contributed by atoms with E-state index in [9.17, 15) is 23.1 Å². The number of carbonyl (C=O) groups is 1. The molecule has 1 aliphatic carbocycles. The molecular weight excluding hydrogens is 319 g/mol. The molecule has 2 aromatic rings. The van der Waals surface area contributed by atoms with E-state index in [2.05, 4.69) is 5.32 Å². The van der Waals surface area contributed by atoms with Crippen molar-refractivity contribution < 1.29 is 23.1 Å². The molecule has 0 radical (unpaired) electrons. The molecule has 126 valence electrons. The van der Waals surface area contributed by atoms with Gasteiger partial charge in [-0.2, -0.15) is 0 Å². The molecule has 1 amide bonds. The molecule has 0 bridgehead atoms. The van der Waals surface area contributed by atoms with Crippen LogP contribution in [-0.2, 0) is 4.79 Å². The number of carbonyl (C=O) groups excluding carboxylic acids is 1. The quantitative estimate of drug-likeness (QED) is 0.882. The Morgan fingerprint density at radius 2 is 1.92 bits per heavy atom. The Kier molecular flexibility index (Phi) is 4.57. The number of amides is 1. The Hall–Kier alpha value is -2.34. The van der Waals surface area contributed by atoms with Crippen molar-refractivity contribution in [1.29, 1.82) is 0 Å². The molecule has 3 rings (SSSR count). The molecule has 1 saturated carbocycles. The normalized spacial score (nSPS) is 20.5. The van der Waals surface area contributed by atoms with Gasteiger partial charge in [0.25, 0.3) is 0 Å². The van der Waals surface area contributed by atoms with Crippen LogP contribution in [0.25, 0.3) is 0 Å². The zero-order valence-corrected chi connectivity index (χ0v) is 12.7. The third-order valence-electron chi connectivity index (χ3n) is 4.22. The molecule has 0 saturated heterocycles. The third kappa shape index (κ3) is 3.43. The number of aliphatic hydroxyl groups is 1. The highest BCUT2D eigenvalue weighted by molar-refractivity contribution is 5.82. The van der Waals surface area contributed by atoms with Crippen LogP contribution in [0.1, 0.15) is 29.6 Å². The molecule has 2 aromatic carbocycles. The fourth-order valence-electron chi connectivity index (χ4n) is 2.81. The summed E-state index contributed by atoms with van der Waals surface area (Å²) in [5.74, 6) is -2.83. The summed E-state index contributed by atoms with van der Waals surface area (Å²) < 4.78 is 40.5. The molecule has 0 aromatic heterocycles. The van der Waals surface area contributed by atoms with Gasteiger partial charge in [-0.25, -0.2) is 13.2 Å². The van der Waals surface area contributed by atoms with Crippen molar-refractivity contribution in [3.63, 3.8) is 0 Å². The molecule has 3 atom stereocenters. The molecule has 2 N–H and O–H groups in total. The molecule has 1 aliphatic rings. The van der Waals surface area contributed by atoms with Crippen molar-refractivity contribution >= 4 is 5.91 Å². The minimum Gasteiger partial charge on any atom is -0.386 e. The van der Waals surface area contributed by atoms with Crippen molar-refractivity contribution in [2.45, 2.75) is 18.4 Å². The van der Waals surface area contributed by atoms with Crippen LogP contribution in [0.15, 0.2) is 42.5 Å². The largest absolute Gasteiger partial charge is 0.386 e. The number of halogens is 3. The van der Waals surface area contributed by atoms with E-state index in [1.807, 2.05) is 0 Å². The van der Waals surface area contributed by atoms with Crippen LogP contribution in [0.2, 0.25) is 0 Å². The first kappa shape index (κ1) is 16.5. The molecule has 0 aliphatic heterocycles. The minimum atomic E-state index is -1.17. The Morgan fingerprint density at radius 1 is 1.17 bits per heavy atom. The second-order valence-electron chi connectivity index (χ2n) is 5.90. The van der Waals surface area contributed by atoms with E-state index >= 15 is 0 Å². The Labute approximate surface area is 137 Å². The maximum absolute atomic E-state index is 13.7. The van der Waals surface area contributed by atoms with Gasteiger partial charge in [-0.15, -0.1) is 0 Å². The summed E-state index contributed by atoms with van der Waals surface area (Å²) in [5.41, 5.74) is 0.283. The van der Waals surface area contributed by atoms with Crippen LogP contribution in [0, 0.1) is 23.4 Å². The smallest absolute Gasteiger partial charge is 0.223 e. The standard InChI is InChI=1S/C18H16F3NO2/c19-10-5-6-16(21)13(7-10)12-8-14(12)18(24)22-9-17(23)11-3-1-2-4-15(11)20/h1-7,12,14,17,23H,8-9H2,(H,22,24). The molecule has 3 nitrogen and oxygen atoms in total. The van der Waals surface area contributed by atoms with Gasteiger partial charge in [0.05, 0.1) is 6.10 Å². The third-order valence-corrected chi connectivity index (χ3v) is 4.22. The maximum Gasteiger partial charge on any atom is 0.223 e. The van der Waals surface area contributed by atoms with E-state index in [0.717, 1.165) is 18.2 Å². The van der Waals surface area contributed by atoms with Gasteiger partial charge >= 0.3 is 0 Å². The SMILES string of the molecule is O=C(NCC(O)c1ccccc1F)C1CC1c1cc(F)ccc1F. The highest BCUT2D eigenvalue weighted by atomic mass is 19.1.